The zero-order valence-corrected chi connectivity index (χ0v) is 11.8. The highest BCUT2D eigenvalue weighted by molar-refractivity contribution is 4.55. The molecule has 0 saturated carbocycles. The van der Waals surface area contributed by atoms with Gasteiger partial charge in [-0.05, 0) is 26.7 Å². The Morgan fingerprint density at radius 3 is 1.53 bits per heavy atom. The summed E-state index contributed by atoms with van der Waals surface area (Å²) < 4.78 is 16.6. The van der Waals surface area contributed by atoms with Gasteiger partial charge in [-0.25, -0.2) is 0 Å². The van der Waals surface area contributed by atoms with Gasteiger partial charge in [0.1, 0.15) is 0 Å². The second kappa shape index (κ2) is 9.83. The van der Waals surface area contributed by atoms with Gasteiger partial charge in [-0.15, -0.1) is 0 Å². The van der Waals surface area contributed by atoms with Gasteiger partial charge in [0.25, 0.3) is 0 Å². The van der Waals surface area contributed by atoms with Crippen molar-refractivity contribution in [3.63, 3.8) is 0 Å². The quantitative estimate of drug-likeness (QED) is 0.641. The standard InChI is InChI=1S/C13H28O4/c1-10(2)7-15-12(4)9-17-13(5)8-16-11(3)6-14/h10-14H,6-9H2,1-5H3. The van der Waals surface area contributed by atoms with Crippen molar-refractivity contribution >= 4 is 0 Å². The van der Waals surface area contributed by atoms with Crippen molar-refractivity contribution in [3.05, 3.63) is 0 Å². The molecule has 0 aliphatic rings. The molecule has 0 fully saturated rings. The lowest BCUT2D eigenvalue weighted by molar-refractivity contribution is -0.0769. The molecule has 17 heavy (non-hydrogen) atoms. The number of rotatable bonds is 10. The zero-order valence-electron chi connectivity index (χ0n) is 11.8. The summed E-state index contributed by atoms with van der Waals surface area (Å²) in [6, 6.07) is 0. The minimum atomic E-state index is -0.129. The zero-order chi connectivity index (χ0) is 13.3. The van der Waals surface area contributed by atoms with Gasteiger partial charge in [0.05, 0.1) is 38.1 Å². The summed E-state index contributed by atoms with van der Waals surface area (Å²) in [5.41, 5.74) is 0. The van der Waals surface area contributed by atoms with E-state index in [4.69, 9.17) is 19.3 Å². The molecular weight excluding hydrogens is 220 g/mol. The van der Waals surface area contributed by atoms with E-state index in [-0.39, 0.29) is 24.9 Å². The van der Waals surface area contributed by atoms with Crippen molar-refractivity contribution in [2.75, 3.05) is 26.4 Å². The Kier molecular flexibility index (Phi) is 9.74. The van der Waals surface area contributed by atoms with Crippen LogP contribution in [-0.4, -0.2) is 49.8 Å². The summed E-state index contributed by atoms with van der Waals surface area (Å²) in [6.45, 7) is 11.9. The SMILES string of the molecule is CC(C)COC(C)COC(C)COC(C)CO. The average Bonchev–Trinajstić information content (AvgIpc) is 2.30. The Morgan fingerprint density at radius 1 is 0.706 bits per heavy atom. The lowest BCUT2D eigenvalue weighted by Gasteiger charge is -2.19. The van der Waals surface area contributed by atoms with Crippen LogP contribution >= 0.6 is 0 Å². The molecule has 0 radical (unpaired) electrons. The molecule has 0 aliphatic carbocycles. The molecule has 104 valence electrons. The van der Waals surface area contributed by atoms with E-state index >= 15 is 0 Å². The first-order valence-corrected chi connectivity index (χ1v) is 6.41. The number of aliphatic hydroxyl groups excluding tert-OH is 1. The van der Waals surface area contributed by atoms with E-state index in [0.29, 0.717) is 19.1 Å². The summed E-state index contributed by atoms with van der Waals surface area (Å²) in [5, 5.41) is 8.80. The molecular formula is C13H28O4. The summed E-state index contributed by atoms with van der Waals surface area (Å²) in [7, 11) is 0. The third kappa shape index (κ3) is 10.7. The Balaban J connectivity index is 3.51. The highest BCUT2D eigenvalue weighted by Crippen LogP contribution is 2.02. The van der Waals surface area contributed by atoms with Gasteiger partial charge < -0.3 is 19.3 Å². The van der Waals surface area contributed by atoms with Crippen LogP contribution in [0.25, 0.3) is 0 Å². The number of hydrogen-bond acceptors (Lipinski definition) is 4. The Morgan fingerprint density at radius 2 is 1.12 bits per heavy atom. The maximum Gasteiger partial charge on any atom is 0.0781 e. The first-order chi connectivity index (χ1) is 7.95. The Labute approximate surface area is 105 Å². The van der Waals surface area contributed by atoms with Crippen molar-refractivity contribution < 1.29 is 19.3 Å². The van der Waals surface area contributed by atoms with E-state index in [0.717, 1.165) is 6.61 Å². The van der Waals surface area contributed by atoms with Gasteiger partial charge in [-0.2, -0.15) is 0 Å². The maximum absolute atomic E-state index is 8.80. The Bertz CT molecular complexity index is 173. The van der Waals surface area contributed by atoms with Gasteiger partial charge in [-0.3, -0.25) is 0 Å². The van der Waals surface area contributed by atoms with Crippen LogP contribution in [0.1, 0.15) is 34.6 Å². The first-order valence-electron chi connectivity index (χ1n) is 6.41. The number of hydrogen-bond donors (Lipinski definition) is 1. The van der Waals surface area contributed by atoms with E-state index in [2.05, 4.69) is 13.8 Å². The first kappa shape index (κ1) is 16.8. The van der Waals surface area contributed by atoms with Crippen LogP contribution in [-0.2, 0) is 14.2 Å². The van der Waals surface area contributed by atoms with E-state index in [1.807, 2.05) is 20.8 Å². The van der Waals surface area contributed by atoms with Crippen molar-refractivity contribution in [2.24, 2.45) is 5.92 Å². The summed E-state index contributed by atoms with van der Waals surface area (Å²) in [6.07, 6.45) is -0.000111. The predicted octanol–water partition coefficient (Wildman–Crippen LogP) is 1.85. The molecule has 0 saturated heterocycles. The van der Waals surface area contributed by atoms with E-state index < -0.39 is 0 Å². The summed E-state index contributed by atoms with van der Waals surface area (Å²) >= 11 is 0. The highest BCUT2D eigenvalue weighted by atomic mass is 16.6. The van der Waals surface area contributed by atoms with Crippen LogP contribution in [0, 0.1) is 5.92 Å². The molecule has 3 atom stereocenters. The van der Waals surface area contributed by atoms with Crippen molar-refractivity contribution in [3.8, 4) is 0 Å². The number of ether oxygens (including phenoxy) is 3. The van der Waals surface area contributed by atoms with Crippen molar-refractivity contribution in [1.82, 2.24) is 0 Å². The largest absolute Gasteiger partial charge is 0.394 e. The molecule has 0 amide bonds. The third-order valence-corrected chi connectivity index (χ3v) is 2.20. The molecule has 0 aromatic heterocycles. The normalized spacial score (nSPS) is 17.1. The van der Waals surface area contributed by atoms with Crippen LogP contribution in [0.2, 0.25) is 0 Å². The van der Waals surface area contributed by atoms with Crippen LogP contribution in [0.15, 0.2) is 0 Å². The minimum Gasteiger partial charge on any atom is -0.394 e. The molecule has 1 N–H and O–H groups in total. The molecule has 0 aromatic rings. The topological polar surface area (TPSA) is 47.9 Å². The fourth-order valence-electron chi connectivity index (χ4n) is 1.11. The fourth-order valence-corrected chi connectivity index (χ4v) is 1.11. The van der Waals surface area contributed by atoms with Gasteiger partial charge in [-0.1, -0.05) is 13.8 Å². The maximum atomic E-state index is 8.80. The fraction of sp³-hybridized carbons (Fsp3) is 1.00. The second-order valence-electron chi connectivity index (χ2n) is 5.01. The highest BCUT2D eigenvalue weighted by Gasteiger charge is 2.09. The molecule has 0 aliphatic heterocycles. The van der Waals surface area contributed by atoms with Gasteiger partial charge in [0.2, 0.25) is 0 Å². The molecule has 4 heteroatoms. The molecule has 4 nitrogen and oxygen atoms in total. The van der Waals surface area contributed by atoms with Crippen LogP contribution < -0.4 is 0 Å². The molecule has 3 unspecified atom stereocenters. The third-order valence-electron chi connectivity index (χ3n) is 2.20. The summed E-state index contributed by atoms with van der Waals surface area (Å²) in [5.74, 6) is 0.545. The lowest BCUT2D eigenvalue weighted by Crippen LogP contribution is -2.26. The molecule has 0 bridgehead atoms. The number of aliphatic hydroxyl groups is 1. The second-order valence-corrected chi connectivity index (χ2v) is 5.01. The monoisotopic (exact) mass is 248 g/mol. The van der Waals surface area contributed by atoms with E-state index in [1.165, 1.54) is 0 Å². The van der Waals surface area contributed by atoms with Crippen molar-refractivity contribution in [2.45, 2.75) is 52.9 Å². The van der Waals surface area contributed by atoms with E-state index in [1.54, 1.807) is 0 Å². The van der Waals surface area contributed by atoms with E-state index in [9.17, 15) is 0 Å². The predicted molar refractivity (Wildman–Crippen MR) is 68.2 cm³/mol. The lowest BCUT2D eigenvalue weighted by atomic mass is 10.2. The van der Waals surface area contributed by atoms with Crippen LogP contribution in [0.5, 0.6) is 0 Å². The van der Waals surface area contributed by atoms with Crippen LogP contribution in [0.4, 0.5) is 0 Å². The molecule has 0 spiro atoms. The Hall–Kier alpha value is -0.160. The molecule has 0 aromatic carbocycles. The summed E-state index contributed by atoms with van der Waals surface area (Å²) in [4.78, 5) is 0. The smallest absolute Gasteiger partial charge is 0.0781 e. The van der Waals surface area contributed by atoms with Gasteiger partial charge in [0, 0.05) is 6.61 Å². The minimum absolute atomic E-state index is 0.0223. The van der Waals surface area contributed by atoms with Gasteiger partial charge in [0.15, 0.2) is 0 Å². The van der Waals surface area contributed by atoms with Crippen LogP contribution in [0.3, 0.4) is 0 Å². The average molecular weight is 248 g/mol. The van der Waals surface area contributed by atoms with Gasteiger partial charge >= 0.3 is 0 Å². The molecule has 0 heterocycles. The molecule has 0 rings (SSSR count). The van der Waals surface area contributed by atoms with Crippen molar-refractivity contribution in [1.29, 1.82) is 0 Å².